The highest BCUT2D eigenvalue weighted by Crippen LogP contribution is 2.28. The molecule has 20 heavy (non-hydrogen) atoms. The minimum atomic E-state index is -4.61. The molecule has 1 aromatic heterocycles. The maximum Gasteiger partial charge on any atom is 0.417 e. The fraction of sp³-hybridized carbons (Fsp3) is 0.455. The van der Waals surface area contributed by atoms with Gasteiger partial charge in [0.05, 0.1) is 18.8 Å². The molecule has 0 fully saturated rings. The van der Waals surface area contributed by atoms with Gasteiger partial charge in [-0.3, -0.25) is 9.59 Å². The lowest BCUT2D eigenvalue weighted by molar-refractivity contribution is -0.137. The summed E-state index contributed by atoms with van der Waals surface area (Å²) in [5, 5.41) is 2.05. The van der Waals surface area contributed by atoms with E-state index in [1.165, 1.54) is 7.11 Å². The Kier molecular flexibility index (Phi) is 5.71. The van der Waals surface area contributed by atoms with Crippen molar-refractivity contribution in [1.29, 1.82) is 0 Å². The minimum Gasteiger partial charge on any atom is -0.382 e. The lowest BCUT2D eigenvalue weighted by Gasteiger charge is -2.09. The molecule has 1 heterocycles. The number of hydrogen-bond acceptors (Lipinski definition) is 4. The molecule has 0 atom stereocenters. The van der Waals surface area contributed by atoms with E-state index in [1.807, 2.05) is 4.98 Å². The van der Waals surface area contributed by atoms with Gasteiger partial charge in [-0.25, -0.2) is 0 Å². The number of nitrogens with one attached hydrogen (secondary N) is 2. The van der Waals surface area contributed by atoms with Crippen LogP contribution in [0.5, 0.6) is 0 Å². The number of amides is 1. The van der Waals surface area contributed by atoms with Crippen LogP contribution in [0.3, 0.4) is 0 Å². The Labute approximate surface area is 111 Å². The first-order chi connectivity index (χ1) is 9.34. The van der Waals surface area contributed by atoms with Crippen molar-refractivity contribution in [2.24, 2.45) is 0 Å². The molecular formula is C11H13F3N2O4. The Morgan fingerprint density at radius 1 is 1.40 bits per heavy atom. The van der Waals surface area contributed by atoms with Gasteiger partial charge in [-0.15, -0.1) is 0 Å². The zero-order valence-electron chi connectivity index (χ0n) is 10.5. The predicted octanol–water partition coefficient (Wildman–Crippen LogP) is 0.995. The first kappa shape index (κ1) is 16.2. The number of carbonyl (C=O) groups excluding carboxylic acids is 1. The van der Waals surface area contributed by atoms with Crippen LogP contribution in [0, 0.1) is 0 Å². The summed E-state index contributed by atoms with van der Waals surface area (Å²) in [5.74, 6) is -0.731. The fourth-order valence-electron chi connectivity index (χ4n) is 1.23. The maximum absolute atomic E-state index is 12.5. The van der Waals surface area contributed by atoms with Gasteiger partial charge >= 0.3 is 6.18 Å². The Morgan fingerprint density at radius 2 is 2.10 bits per heavy atom. The van der Waals surface area contributed by atoms with Gasteiger partial charge in [0.15, 0.2) is 0 Å². The number of carbonyl (C=O) groups is 1. The Balaban J connectivity index is 2.67. The molecule has 0 saturated heterocycles. The van der Waals surface area contributed by atoms with Crippen LogP contribution < -0.4 is 10.9 Å². The van der Waals surface area contributed by atoms with Gasteiger partial charge in [0.25, 0.3) is 11.5 Å². The molecule has 0 aliphatic rings. The molecule has 9 heteroatoms. The number of rotatable bonds is 6. The van der Waals surface area contributed by atoms with Crippen molar-refractivity contribution in [3.63, 3.8) is 0 Å². The number of H-pyrrole nitrogens is 1. The minimum absolute atomic E-state index is 0.156. The molecule has 1 aromatic rings. The van der Waals surface area contributed by atoms with Crippen molar-refractivity contribution in [1.82, 2.24) is 4.98 Å². The lowest BCUT2D eigenvalue weighted by Crippen LogP contribution is -2.25. The molecule has 0 saturated carbocycles. The van der Waals surface area contributed by atoms with E-state index in [-0.39, 0.29) is 19.8 Å². The second kappa shape index (κ2) is 7.06. The van der Waals surface area contributed by atoms with Crippen LogP contribution in [-0.4, -0.2) is 37.8 Å². The summed E-state index contributed by atoms with van der Waals surface area (Å²) in [6, 6.07) is 0.561. The molecule has 0 aliphatic heterocycles. The zero-order chi connectivity index (χ0) is 15.2. The highest BCUT2D eigenvalue weighted by atomic mass is 19.4. The van der Waals surface area contributed by atoms with Gasteiger partial charge in [-0.1, -0.05) is 0 Å². The van der Waals surface area contributed by atoms with E-state index in [1.54, 1.807) is 0 Å². The number of aromatic amines is 1. The highest BCUT2D eigenvalue weighted by Gasteiger charge is 2.31. The van der Waals surface area contributed by atoms with Gasteiger partial charge in [-0.05, 0) is 6.07 Å². The Hall–Kier alpha value is -1.87. The van der Waals surface area contributed by atoms with Gasteiger partial charge < -0.3 is 19.8 Å². The normalized spacial score (nSPS) is 11.4. The molecule has 1 amide bonds. The summed E-state index contributed by atoms with van der Waals surface area (Å²) in [6.45, 7) is 0.0410. The van der Waals surface area contributed by atoms with Crippen LogP contribution >= 0.6 is 0 Å². The van der Waals surface area contributed by atoms with Crippen LogP contribution in [0.2, 0.25) is 0 Å². The predicted molar refractivity (Wildman–Crippen MR) is 63.4 cm³/mol. The van der Waals surface area contributed by atoms with Crippen LogP contribution in [0.1, 0.15) is 5.56 Å². The first-order valence-corrected chi connectivity index (χ1v) is 5.51. The maximum atomic E-state index is 12.5. The molecule has 2 N–H and O–H groups in total. The second-order valence-electron chi connectivity index (χ2n) is 3.72. The van der Waals surface area contributed by atoms with E-state index in [0.717, 1.165) is 0 Å². The van der Waals surface area contributed by atoms with Crippen molar-refractivity contribution in [2.75, 3.05) is 32.2 Å². The standard InChI is InChI=1S/C11H13F3N2O4/c1-19-2-3-20-6-9(17)16-8-4-7(11(12,13)14)5-15-10(8)18/h4-5H,2-3,6H2,1H3,(H,15,18)(H,16,17). The summed E-state index contributed by atoms with van der Waals surface area (Å²) in [5.41, 5.74) is -2.38. The van der Waals surface area contributed by atoms with Gasteiger partial charge in [0.2, 0.25) is 0 Å². The summed E-state index contributed by atoms with van der Waals surface area (Å²) in [7, 11) is 1.45. The van der Waals surface area contributed by atoms with Crippen molar-refractivity contribution in [2.45, 2.75) is 6.18 Å². The number of alkyl halides is 3. The molecule has 112 valence electrons. The van der Waals surface area contributed by atoms with Crippen LogP contribution in [0.4, 0.5) is 18.9 Å². The quantitative estimate of drug-likeness (QED) is 0.767. The van der Waals surface area contributed by atoms with Gasteiger partial charge in [-0.2, -0.15) is 13.2 Å². The van der Waals surface area contributed by atoms with Crippen molar-refractivity contribution in [3.05, 3.63) is 28.2 Å². The van der Waals surface area contributed by atoms with E-state index < -0.39 is 28.9 Å². The smallest absolute Gasteiger partial charge is 0.382 e. The number of pyridine rings is 1. The molecule has 0 radical (unpaired) electrons. The summed E-state index contributed by atoms with van der Waals surface area (Å²) in [4.78, 5) is 24.6. The number of halogens is 3. The average molecular weight is 294 g/mol. The fourth-order valence-corrected chi connectivity index (χ4v) is 1.23. The number of anilines is 1. The van der Waals surface area contributed by atoms with E-state index >= 15 is 0 Å². The third-order valence-electron chi connectivity index (χ3n) is 2.17. The molecule has 0 spiro atoms. The molecule has 1 rings (SSSR count). The topological polar surface area (TPSA) is 80.4 Å². The number of hydrogen-bond donors (Lipinski definition) is 2. The third-order valence-corrected chi connectivity index (χ3v) is 2.17. The van der Waals surface area contributed by atoms with Gasteiger partial charge in [0, 0.05) is 13.3 Å². The lowest BCUT2D eigenvalue weighted by atomic mass is 10.2. The summed E-state index contributed by atoms with van der Waals surface area (Å²) >= 11 is 0. The van der Waals surface area contributed by atoms with E-state index in [2.05, 4.69) is 10.1 Å². The third kappa shape index (κ3) is 5.02. The second-order valence-corrected chi connectivity index (χ2v) is 3.72. The number of aromatic nitrogens is 1. The number of methoxy groups -OCH3 is 1. The molecule has 0 aromatic carbocycles. The van der Waals surface area contributed by atoms with E-state index in [9.17, 15) is 22.8 Å². The van der Waals surface area contributed by atoms with Crippen molar-refractivity contribution < 1.29 is 27.4 Å². The molecule has 0 bridgehead atoms. The van der Waals surface area contributed by atoms with Crippen LogP contribution in [0.15, 0.2) is 17.1 Å². The highest BCUT2D eigenvalue weighted by molar-refractivity contribution is 5.91. The Bertz CT molecular complexity index is 513. The zero-order valence-corrected chi connectivity index (χ0v) is 10.5. The largest absolute Gasteiger partial charge is 0.417 e. The molecule has 0 unspecified atom stereocenters. The number of ether oxygens (including phenoxy) is 2. The first-order valence-electron chi connectivity index (χ1n) is 5.51. The SMILES string of the molecule is COCCOCC(=O)Nc1cc(C(F)(F)F)c[nH]c1=O. The van der Waals surface area contributed by atoms with Crippen molar-refractivity contribution >= 4 is 11.6 Å². The van der Waals surface area contributed by atoms with Gasteiger partial charge in [0.1, 0.15) is 12.3 Å². The average Bonchev–Trinajstić information content (AvgIpc) is 2.36. The Morgan fingerprint density at radius 3 is 2.70 bits per heavy atom. The molecular weight excluding hydrogens is 281 g/mol. The van der Waals surface area contributed by atoms with E-state index in [4.69, 9.17) is 4.74 Å². The molecule has 0 aliphatic carbocycles. The monoisotopic (exact) mass is 294 g/mol. The van der Waals surface area contributed by atoms with Crippen LogP contribution in [0.25, 0.3) is 0 Å². The summed E-state index contributed by atoms with van der Waals surface area (Å²) < 4.78 is 46.9. The summed E-state index contributed by atoms with van der Waals surface area (Å²) in [6.07, 6.45) is -4.08. The molecule has 6 nitrogen and oxygen atoms in total. The van der Waals surface area contributed by atoms with Crippen LogP contribution in [-0.2, 0) is 20.4 Å². The van der Waals surface area contributed by atoms with Crippen molar-refractivity contribution in [3.8, 4) is 0 Å². The van der Waals surface area contributed by atoms with E-state index in [0.29, 0.717) is 12.3 Å².